The van der Waals surface area contributed by atoms with E-state index >= 15 is 0 Å². The number of nitrogens with zero attached hydrogens (tertiary/aromatic N) is 1. The molecule has 4 nitrogen and oxygen atoms in total. The number of halogens is 3. The topological polar surface area (TPSA) is 51.2 Å². The lowest BCUT2D eigenvalue weighted by Gasteiger charge is -2.05. The van der Waals surface area contributed by atoms with Crippen molar-refractivity contribution in [3.63, 3.8) is 0 Å². The molecule has 0 spiro atoms. The van der Waals surface area contributed by atoms with Gasteiger partial charge in [-0.2, -0.15) is 13.2 Å². The van der Waals surface area contributed by atoms with Gasteiger partial charge >= 0.3 is 11.5 Å². The Kier molecular flexibility index (Phi) is 6.43. The fourth-order valence-corrected chi connectivity index (χ4v) is 2.37. The maximum atomic E-state index is 11.9. The minimum absolute atomic E-state index is 0.0689. The minimum atomic E-state index is -4.20. The smallest absolute Gasteiger partial charge is 0.441 e. The molecule has 0 atom stereocenters. The van der Waals surface area contributed by atoms with Gasteiger partial charge in [-0.3, -0.25) is 4.79 Å². The van der Waals surface area contributed by atoms with Gasteiger partial charge in [-0.15, -0.1) is 11.3 Å². The highest BCUT2D eigenvalue weighted by Crippen LogP contribution is 2.29. The van der Waals surface area contributed by atoms with Gasteiger partial charge in [0.25, 0.3) is 0 Å². The molecule has 0 aliphatic carbocycles. The van der Waals surface area contributed by atoms with Crippen LogP contribution in [0.3, 0.4) is 0 Å². The number of hydrogen-bond acceptors (Lipinski definition) is 6. The number of nitrogens with one attached hydrogen (secondary N) is 1. The summed E-state index contributed by atoms with van der Waals surface area (Å²) in [4.78, 5) is 15.1. The van der Waals surface area contributed by atoms with Crippen molar-refractivity contribution in [2.75, 3.05) is 24.7 Å². The number of rotatable bonds is 7. The Labute approximate surface area is 116 Å². The molecule has 1 aromatic rings. The van der Waals surface area contributed by atoms with Gasteiger partial charge in [0.2, 0.25) is 0 Å². The third-order valence-corrected chi connectivity index (χ3v) is 3.59. The van der Waals surface area contributed by atoms with Crippen molar-refractivity contribution < 1.29 is 22.7 Å². The van der Waals surface area contributed by atoms with Crippen LogP contribution in [0, 0.1) is 0 Å². The summed E-state index contributed by atoms with van der Waals surface area (Å²) in [6, 6.07) is 0. The average molecular weight is 314 g/mol. The Hall–Kier alpha value is -0.960. The number of carbonyl (C=O) groups is 1. The van der Waals surface area contributed by atoms with Crippen molar-refractivity contribution in [1.29, 1.82) is 0 Å². The summed E-state index contributed by atoms with van der Waals surface area (Å²) in [5.74, 6) is -0.385. The van der Waals surface area contributed by atoms with Gasteiger partial charge < -0.3 is 10.1 Å². The molecule has 0 aliphatic heterocycles. The van der Waals surface area contributed by atoms with Gasteiger partial charge in [-0.1, -0.05) is 0 Å². The van der Waals surface area contributed by atoms with Crippen molar-refractivity contribution in [2.45, 2.75) is 18.3 Å². The molecule has 108 valence electrons. The zero-order chi connectivity index (χ0) is 14.3. The number of aromatic nitrogens is 1. The highest BCUT2D eigenvalue weighted by atomic mass is 32.2. The second-order valence-corrected chi connectivity index (χ2v) is 5.46. The number of thiazole rings is 1. The molecule has 19 heavy (non-hydrogen) atoms. The number of alkyl halides is 3. The van der Waals surface area contributed by atoms with Crippen LogP contribution in [-0.4, -0.2) is 35.9 Å². The number of carbonyl (C=O) groups excluding carboxylic acids is 1. The molecule has 0 bridgehead atoms. The van der Waals surface area contributed by atoms with Crippen molar-refractivity contribution >= 4 is 34.2 Å². The molecule has 0 unspecified atom stereocenters. The summed E-state index contributed by atoms with van der Waals surface area (Å²) >= 11 is 1.23. The van der Waals surface area contributed by atoms with E-state index in [1.807, 2.05) is 0 Å². The number of thioether (sulfide) groups is 1. The lowest BCUT2D eigenvalue weighted by Crippen LogP contribution is -2.09. The Balaban J connectivity index is 2.25. The van der Waals surface area contributed by atoms with Crippen LogP contribution in [0.5, 0.6) is 0 Å². The van der Waals surface area contributed by atoms with Crippen molar-refractivity contribution in [3.8, 4) is 0 Å². The predicted octanol–water partition coefficient (Wildman–Crippen LogP) is 2.91. The van der Waals surface area contributed by atoms with Crippen molar-refractivity contribution in [2.24, 2.45) is 0 Å². The fourth-order valence-electron chi connectivity index (χ4n) is 1.16. The fraction of sp³-hybridized carbons (Fsp3) is 0.600. The van der Waals surface area contributed by atoms with Crippen molar-refractivity contribution in [1.82, 2.24) is 4.98 Å². The van der Waals surface area contributed by atoms with Crippen LogP contribution in [0.1, 0.15) is 12.1 Å². The highest BCUT2D eigenvalue weighted by molar-refractivity contribution is 8.00. The molecular formula is C10H13F3N2O2S2. The first-order valence-corrected chi connectivity index (χ1v) is 7.23. The molecule has 0 saturated carbocycles. The summed E-state index contributed by atoms with van der Waals surface area (Å²) in [5.41, 5.74) is -3.47. The third-order valence-electron chi connectivity index (χ3n) is 2.01. The summed E-state index contributed by atoms with van der Waals surface area (Å²) < 4.78 is 40.1. The number of aryl methyl sites for hydroxylation is 1. The van der Waals surface area contributed by atoms with E-state index in [-0.39, 0.29) is 36.4 Å². The lowest BCUT2D eigenvalue weighted by molar-refractivity contribution is -0.140. The first-order chi connectivity index (χ1) is 8.90. The van der Waals surface area contributed by atoms with Crippen LogP contribution in [0.2, 0.25) is 0 Å². The van der Waals surface area contributed by atoms with Gasteiger partial charge in [0.15, 0.2) is 5.13 Å². The summed E-state index contributed by atoms with van der Waals surface area (Å²) in [6.07, 6.45) is 0.700. The molecule has 1 rings (SSSR count). The van der Waals surface area contributed by atoms with E-state index in [1.54, 1.807) is 5.38 Å². The molecule has 1 aromatic heterocycles. The molecule has 9 heteroatoms. The van der Waals surface area contributed by atoms with Crippen LogP contribution in [0.25, 0.3) is 0 Å². The number of ether oxygens (including phenoxy) is 1. The molecule has 0 radical (unpaired) electrons. The maximum absolute atomic E-state index is 11.9. The summed E-state index contributed by atoms with van der Waals surface area (Å²) in [7, 11) is 1.31. The van der Waals surface area contributed by atoms with Gasteiger partial charge in [-0.05, 0) is 11.8 Å². The van der Waals surface area contributed by atoms with Crippen LogP contribution < -0.4 is 5.32 Å². The Morgan fingerprint density at radius 2 is 2.32 bits per heavy atom. The molecule has 0 aromatic carbocycles. The van der Waals surface area contributed by atoms with Crippen LogP contribution >= 0.6 is 23.1 Å². The maximum Gasteiger partial charge on any atom is 0.441 e. The standard InChI is InChI=1S/C10H13F3N2O2S2/c1-17-8(16)3-2-7-6-18-9(15-7)14-4-5-19-10(11,12)13/h6H,2-5H2,1H3,(H,14,15). The molecule has 1 heterocycles. The zero-order valence-electron chi connectivity index (χ0n) is 10.1. The second kappa shape index (κ2) is 7.59. The highest BCUT2D eigenvalue weighted by Gasteiger charge is 2.27. The number of esters is 1. The minimum Gasteiger partial charge on any atom is -0.469 e. The van der Waals surface area contributed by atoms with E-state index in [0.29, 0.717) is 11.6 Å². The van der Waals surface area contributed by atoms with E-state index in [1.165, 1.54) is 18.4 Å². The summed E-state index contributed by atoms with van der Waals surface area (Å²) in [6.45, 7) is 0.189. The van der Waals surface area contributed by atoms with Gasteiger partial charge in [-0.25, -0.2) is 4.98 Å². The number of hydrogen-bond donors (Lipinski definition) is 1. The van der Waals surface area contributed by atoms with E-state index in [9.17, 15) is 18.0 Å². The van der Waals surface area contributed by atoms with Gasteiger partial charge in [0.05, 0.1) is 19.2 Å². The van der Waals surface area contributed by atoms with Crippen LogP contribution in [0.15, 0.2) is 5.38 Å². The molecule has 1 N–H and O–H groups in total. The largest absolute Gasteiger partial charge is 0.469 e. The second-order valence-electron chi connectivity index (χ2n) is 3.44. The molecule has 0 amide bonds. The quantitative estimate of drug-likeness (QED) is 0.619. The Bertz CT molecular complexity index is 410. The molecule has 0 fully saturated rings. The van der Waals surface area contributed by atoms with E-state index in [2.05, 4.69) is 15.0 Å². The van der Waals surface area contributed by atoms with E-state index < -0.39 is 5.51 Å². The van der Waals surface area contributed by atoms with Gasteiger partial charge in [0, 0.05) is 24.1 Å². The SMILES string of the molecule is COC(=O)CCc1csc(NCCSC(F)(F)F)n1. The first-order valence-electron chi connectivity index (χ1n) is 5.36. The van der Waals surface area contributed by atoms with E-state index in [0.717, 1.165) is 5.69 Å². The first kappa shape index (κ1) is 16.1. The Morgan fingerprint density at radius 3 is 2.95 bits per heavy atom. The van der Waals surface area contributed by atoms with Crippen molar-refractivity contribution in [3.05, 3.63) is 11.1 Å². The van der Waals surface area contributed by atoms with Crippen LogP contribution in [-0.2, 0) is 16.0 Å². The number of methoxy groups -OCH3 is 1. The third kappa shape index (κ3) is 7.26. The normalized spacial score (nSPS) is 11.4. The number of anilines is 1. The molecular weight excluding hydrogens is 301 g/mol. The molecule has 0 aliphatic rings. The van der Waals surface area contributed by atoms with E-state index in [4.69, 9.17) is 0 Å². The monoisotopic (exact) mass is 314 g/mol. The molecule has 0 saturated heterocycles. The average Bonchev–Trinajstić information content (AvgIpc) is 2.78. The van der Waals surface area contributed by atoms with Crippen LogP contribution in [0.4, 0.5) is 18.3 Å². The zero-order valence-corrected chi connectivity index (χ0v) is 11.8. The summed E-state index contributed by atoms with van der Waals surface area (Å²) in [5, 5.41) is 5.13. The Morgan fingerprint density at radius 1 is 1.58 bits per heavy atom. The lowest BCUT2D eigenvalue weighted by atomic mass is 10.2. The van der Waals surface area contributed by atoms with Gasteiger partial charge in [0.1, 0.15) is 0 Å². The predicted molar refractivity (Wildman–Crippen MR) is 69.5 cm³/mol.